The summed E-state index contributed by atoms with van der Waals surface area (Å²) in [6.45, 7) is 4.48. The number of benzene rings is 2. The Labute approximate surface area is 201 Å². The van der Waals surface area contributed by atoms with Crippen molar-refractivity contribution in [3.05, 3.63) is 58.7 Å². The summed E-state index contributed by atoms with van der Waals surface area (Å²) in [7, 11) is 0. The first kappa shape index (κ1) is 25.1. The number of hydrogen-bond acceptors (Lipinski definition) is 2. The van der Waals surface area contributed by atoms with Gasteiger partial charge in [0, 0.05) is 5.56 Å². The van der Waals surface area contributed by atoms with Crippen molar-refractivity contribution in [1.29, 1.82) is 10.5 Å². The van der Waals surface area contributed by atoms with Crippen LogP contribution in [0.3, 0.4) is 0 Å². The minimum Gasteiger partial charge on any atom is -0.192 e. The Hall–Kier alpha value is -2.58. The summed E-state index contributed by atoms with van der Waals surface area (Å²) in [6, 6.07) is 17.5. The van der Waals surface area contributed by atoms with Crippen molar-refractivity contribution in [3.8, 4) is 23.3 Å². The normalized spacial score (nSPS) is 17.9. The van der Waals surface area contributed by atoms with Gasteiger partial charge in [-0.25, -0.2) is 0 Å². The van der Waals surface area contributed by atoms with E-state index in [-0.39, 0.29) is 0 Å². The zero-order chi connectivity index (χ0) is 23.5. The summed E-state index contributed by atoms with van der Waals surface area (Å²) in [6.07, 6.45) is 16.4. The van der Waals surface area contributed by atoms with Gasteiger partial charge in [-0.1, -0.05) is 95.2 Å². The molecule has 174 valence electrons. The van der Waals surface area contributed by atoms with E-state index in [1.165, 1.54) is 69.8 Å². The quantitative estimate of drug-likeness (QED) is 0.327. The summed E-state index contributed by atoms with van der Waals surface area (Å²) < 4.78 is 0. The Bertz CT molecular complexity index is 950. The minimum absolute atomic E-state index is 0.411. The van der Waals surface area contributed by atoms with E-state index in [0.29, 0.717) is 17.0 Å². The Balaban J connectivity index is 1.70. The maximum Gasteiger partial charge on any atom is 0.101 e. The van der Waals surface area contributed by atoms with Crippen molar-refractivity contribution >= 4 is 0 Å². The van der Waals surface area contributed by atoms with Gasteiger partial charge in [-0.3, -0.25) is 0 Å². The summed E-state index contributed by atoms with van der Waals surface area (Å²) in [4.78, 5) is 0. The second-order valence-electron chi connectivity index (χ2n) is 9.90. The molecule has 3 rings (SSSR count). The minimum atomic E-state index is 0.411. The molecule has 2 aromatic rings. The van der Waals surface area contributed by atoms with E-state index in [1.807, 2.05) is 0 Å². The number of aryl methyl sites for hydroxylation is 1. The molecule has 2 nitrogen and oxygen atoms in total. The molecule has 2 aromatic carbocycles. The molecule has 0 saturated heterocycles. The van der Waals surface area contributed by atoms with E-state index in [4.69, 9.17) is 0 Å². The molecule has 0 spiro atoms. The van der Waals surface area contributed by atoms with Crippen LogP contribution in [0.1, 0.15) is 119 Å². The summed E-state index contributed by atoms with van der Waals surface area (Å²) >= 11 is 0. The van der Waals surface area contributed by atoms with Crippen molar-refractivity contribution in [2.24, 2.45) is 5.92 Å². The fourth-order valence-corrected chi connectivity index (χ4v) is 5.47. The third kappa shape index (κ3) is 6.71. The molecule has 0 N–H and O–H groups in total. The van der Waals surface area contributed by atoms with E-state index in [1.54, 1.807) is 0 Å². The molecule has 0 radical (unpaired) electrons. The number of nitrogens with zero attached hydrogens (tertiary/aromatic N) is 2. The number of unbranched alkanes of at least 4 members (excludes halogenated alkanes) is 5. The van der Waals surface area contributed by atoms with Crippen LogP contribution in [0.2, 0.25) is 0 Å². The van der Waals surface area contributed by atoms with Gasteiger partial charge in [0.1, 0.15) is 12.1 Å². The predicted octanol–water partition coefficient (Wildman–Crippen LogP) is 9.07. The van der Waals surface area contributed by atoms with Crippen LogP contribution in [-0.4, -0.2) is 0 Å². The van der Waals surface area contributed by atoms with Crippen molar-refractivity contribution in [1.82, 2.24) is 0 Å². The monoisotopic (exact) mass is 440 g/mol. The first-order chi connectivity index (χ1) is 16.2. The molecule has 1 saturated carbocycles. The maximum atomic E-state index is 10.0. The fourth-order valence-electron chi connectivity index (χ4n) is 5.47. The lowest BCUT2D eigenvalue weighted by Gasteiger charge is -2.29. The molecule has 0 atom stereocenters. The highest BCUT2D eigenvalue weighted by atomic mass is 14.3. The largest absolute Gasteiger partial charge is 0.192 e. The molecule has 0 unspecified atom stereocenters. The first-order valence-electron chi connectivity index (χ1n) is 13.3. The third-order valence-corrected chi connectivity index (χ3v) is 7.55. The Morgan fingerprint density at radius 2 is 1.39 bits per heavy atom. The topological polar surface area (TPSA) is 47.6 Å². The van der Waals surface area contributed by atoms with Crippen LogP contribution < -0.4 is 0 Å². The zero-order valence-electron chi connectivity index (χ0n) is 20.7. The number of rotatable bonds is 11. The highest BCUT2D eigenvalue weighted by molar-refractivity contribution is 5.75. The lowest BCUT2D eigenvalue weighted by molar-refractivity contribution is 0.301. The maximum absolute atomic E-state index is 10.0. The molecule has 0 aromatic heterocycles. The summed E-state index contributed by atoms with van der Waals surface area (Å²) in [5, 5.41) is 20.0. The molecule has 0 bridgehead atoms. The molecule has 0 aliphatic heterocycles. The van der Waals surface area contributed by atoms with Gasteiger partial charge < -0.3 is 0 Å². The molecule has 1 fully saturated rings. The highest BCUT2D eigenvalue weighted by Crippen LogP contribution is 2.41. The van der Waals surface area contributed by atoms with Gasteiger partial charge in [0.05, 0.1) is 11.1 Å². The van der Waals surface area contributed by atoms with Crippen molar-refractivity contribution in [3.63, 3.8) is 0 Å². The van der Waals surface area contributed by atoms with Crippen LogP contribution in [0.4, 0.5) is 0 Å². The summed E-state index contributed by atoms with van der Waals surface area (Å²) in [5.74, 6) is 1.25. The van der Waals surface area contributed by atoms with Gasteiger partial charge in [0.25, 0.3) is 0 Å². The molecule has 1 aliphatic rings. The Morgan fingerprint density at radius 1 is 0.727 bits per heavy atom. The van der Waals surface area contributed by atoms with Crippen LogP contribution >= 0.6 is 0 Å². The van der Waals surface area contributed by atoms with Crippen molar-refractivity contribution in [2.45, 2.75) is 103 Å². The number of hydrogen-bond donors (Lipinski definition) is 0. The molecule has 2 heteroatoms. The fraction of sp³-hybridized carbons (Fsp3) is 0.548. The van der Waals surface area contributed by atoms with Crippen LogP contribution in [0.15, 0.2) is 36.4 Å². The SMILES string of the molecule is CCCCCCCC1CCC(c2ccc(-c3ccc(CCCC)cc3)c(C#N)c2C#N)CC1. The Morgan fingerprint density at radius 3 is 2.03 bits per heavy atom. The van der Waals surface area contributed by atoms with Gasteiger partial charge in [-0.2, -0.15) is 10.5 Å². The molecular weight excluding hydrogens is 400 g/mol. The van der Waals surface area contributed by atoms with E-state index in [9.17, 15) is 10.5 Å². The lowest BCUT2D eigenvalue weighted by atomic mass is 9.75. The van der Waals surface area contributed by atoms with E-state index in [2.05, 4.69) is 62.4 Å². The molecule has 1 aliphatic carbocycles. The second-order valence-corrected chi connectivity index (χ2v) is 9.90. The van der Waals surface area contributed by atoms with Gasteiger partial charge in [0.15, 0.2) is 0 Å². The molecule has 0 heterocycles. The van der Waals surface area contributed by atoms with Crippen LogP contribution in [0, 0.1) is 28.6 Å². The second kappa shape index (κ2) is 13.2. The van der Waals surface area contributed by atoms with Crippen molar-refractivity contribution < 1.29 is 0 Å². The predicted molar refractivity (Wildman–Crippen MR) is 138 cm³/mol. The van der Waals surface area contributed by atoms with E-state index < -0.39 is 0 Å². The molecular formula is C31H40N2. The standard InChI is InChI=1S/C31H40N2/c1-3-5-7-8-9-11-25-14-18-27(19-15-25)29-21-20-28(30(22-32)31(29)23-33)26-16-12-24(13-17-26)10-6-4-2/h12-13,16-17,20-21,25,27H,3-11,14-15,18-19H2,1-2H3. The third-order valence-electron chi connectivity index (χ3n) is 7.55. The van der Waals surface area contributed by atoms with Gasteiger partial charge >= 0.3 is 0 Å². The van der Waals surface area contributed by atoms with Gasteiger partial charge in [0.2, 0.25) is 0 Å². The average molecular weight is 441 g/mol. The van der Waals surface area contributed by atoms with Gasteiger partial charge in [-0.15, -0.1) is 0 Å². The Kier molecular flexibility index (Phi) is 10.0. The lowest BCUT2D eigenvalue weighted by Crippen LogP contribution is -2.15. The first-order valence-corrected chi connectivity index (χ1v) is 13.3. The summed E-state index contributed by atoms with van der Waals surface area (Å²) in [5.41, 5.74) is 5.50. The van der Waals surface area contributed by atoms with E-state index >= 15 is 0 Å². The van der Waals surface area contributed by atoms with E-state index in [0.717, 1.165) is 41.9 Å². The molecule has 0 amide bonds. The van der Waals surface area contributed by atoms with Crippen LogP contribution in [0.25, 0.3) is 11.1 Å². The number of nitriles is 2. The average Bonchev–Trinajstić information content (AvgIpc) is 2.87. The van der Waals surface area contributed by atoms with Crippen LogP contribution in [-0.2, 0) is 6.42 Å². The molecule has 33 heavy (non-hydrogen) atoms. The van der Waals surface area contributed by atoms with Crippen molar-refractivity contribution in [2.75, 3.05) is 0 Å². The zero-order valence-corrected chi connectivity index (χ0v) is 20.7. The van der Waals surface area contributed by atoms with Gasteiger partial charge in [-0.05, 0) is 67.1 Å². The van der Waals surface area contributed by atoms with Crippen LogP contribution in [0.5, 0.6) is 0 Å². The smallest absolute Gasteiger partial charge is 0.101 e. The highest BCUT2D eigenvalue weighted by Gasteiger charge is 2.26.